The molecule has 3 aromatic rings. The van der Waals surface area contributed by atoms with Gasteiger partial charge >= 0.3 is 0 Å². The summed E-state index contributed by atoms with van der Waals surface area (Å²) in [5.41, 5.74) is 3.92. The molecule has 5 rings (SSSR count). The van der Waals surface area contributed by atoms with Gasteiger partial charge in [-0.2, -0.15) is 0 Å². The zero-order valence-electron chi connectivity index (χ0n) is 23.1. The second-order valence-corrected chi connectivity index (χ2v) is 11.0. The standard InChI is InChI=1S/C32H39N3O3S/c1-36-27-12-9-24(10-13-27)22-35-18-17-32(25-11-14-28(37-2)29(19-25)38-3)16-15-26(20-30(32)35)34-31(39)33-21-23-7-5-4-6-8-23/h4-14,19,26,30H,15-18,20-22H2,1-3H3,(H2,33,34,39)/t26-,30+,32-/m0/s1. The summed E-state index contributed by atoms with van der Waals surface area (Å²) in [4.78, 5) is 2.66. The third-order valence-corrected chi connectivity index (χ3v) is 8.77. The van der Waals surface area contributed by atoms with Crippen molar-refractivity contribution in [2.45, 2.75) is 56.3 Å². The third kappa shape index (κ3) is 5.99. The molecule has 3 atom stereocenters. The van der Waals surface area contributed by atoms with Gasteiger partial charge in [0, 0.05) is 30.6 Å². The van der Waals surface area contributed by atoms with Gasteiger partial charge in [0.2, 0.25) is 0 Å². The Morgan fingerprint density at radius 2 is 1.67 bits per heavy atom. The molecule has 3 aromatic carbocycles. The second-order valence-electron chi connectivity index (χ2n) is 10.6. The van der Waals surface area contributed by atoms with Crippen molar-refractivity contribution in [3.05, 3.63) is 89.5 Å². The number of nitrogens with zero attached hydrogens (tertiary/aromatic N) is 1. The number of likely N-dealkylation sites (tertiary alicyclic amines) is 1. The molecule has 1 aliphatic heterocycles. The number of hydrogen-bond donors (Lipinski definition) is 2. The predicted molar refractivity (Wildman–Crippen MR) is 160 cm³/mol. The fourth-order valence-corrected chi connectivity index (χ4v) is 6.67. The summed E-state index contributed by atoms with van der Waals surface area (Å²) in [6.45, 7) is 2.68. The topological polar surface area (TPSA) is 55.0 Å². The van der Waals surface area contributed by atoms with Crippen LogP contribution in [0.1, 0.15) is 42.4 Å². The molecule has 1 heterocycles. The van der Waals surface area contributed by atoms with E-state index in [2.05, 4.69) is 82.3 Å². The zero-order valence-corrected chi connectivity index (χ0v) is 23.9. The van der Waals surface area contributed by atoms with Crippen LogP contribution in [0.2, 0.25) is 0 Å². The minimum absolute atomic E-state index is 0.0588. The molecular weight excluding hydrogens is 506 g/mol. The Labute approximate surface area is 237 Å². The minimum Gasteiger partial charge on any atom is -0.497 e. The molecular formula is C32H39N3O3S. The van der Waals surface area contributed by atoms with Crippen LogP contribution in [0, 0.1) is 0 Å². The average Bonchev–Trinajstić information content (AvgIpc) is 3.35. The van der Waals surface area contributed by atoms with E-state index >= 15 is 0 Å². The molecule has 0 aromatic heterocycles. The van der Waals surface area contributed by atoms with Crippen molar-refractivity contribution >= 4 is 17.3 Å². The lowest BCUT2D eigenvalue weighted by molar-refractivity contribution is 0.134. The van der Waals surface area contributed by atoms with E-state index in [0.717, 1.165) is 67.7 Å². The fraction of sp³-hybridized carbons (Fsp3) is 0.406. The predicted octanol–water partition coefficient (Wildman–Crippen LogP) is 5.44. The van der Waals surface area contributed by atoms with E-state index in [1.165, 1.54) is 16.7 Å². The Bertz CT molecular complexity index is 1250. The van der Waals surface area contributed by atoms with Crippen molar-refractivity contribution in [3.8, 4) is 17.2 Å². The van der Waals surface area contributed by atoms with Gasteiger partial charge in [0.1, 0.15) is 5.75 Å². The van der Waals surface area contributed by atoms with Gasteiger partial charge in [-0.05, 0) is 85.4 Å². The van der Waals surface area contributed by atoms with E-state index in [-0.39, 0.29) is 5.41 Å². The summed E-state index contributed by atoms with van der Waals surface area (Å²) in [5, 5.41) is 7.77. The molecule has 39 heavy (non-hydrogen) atoms. The molecule has 7 heteroatoms. The number of rotatable bonds is 9. The van der Waals surface area contributed by atoms with Gasteiger partial charge in [-0.15, -0.1) is 0 Å². The molecule has 2 fully saturated rings. The summed E-state index contributed by atoms with van der Waals surface area (Å²) in [7, 11) is 5.11. The normalized spacial score (nSPS) is 22.5. The van der Waals surface area contributed by atoms with Crippen molar-refractivity contribution in [3.63, 3.8) is 0 Å². The van der Waals surface area contributed by atoms with E-state index in [1.807, 2.05) is 6.07 Å². The third-order valence-electron chi connectivity index (χ3n) is 8.50. The largest absolute Gasteiger partial charge is 0.497 e. The van der Waals surface area contributed by atoms with Crippen LogP contribution in [-0.2, 0) is 18.5 Å². The molecule has 1 aliphatic carbocycles. The van der Waals surface area contributed by atoms with Crippen LogP contribution in [0.4, 0.5) is 0 Å². The summed E-state index contributed by atoms with van der Waals surface area (Å²) in [6.07, 6.45) is 4.30. The van der Waals surface area contributed by atoms with Gasteiger partial charge in [0.15, 0.2) is 16.6 Å². The van der Waals surface area contributed by atoms with E-state index in [0.29, 0.717) is 12.1 Å². The molecule has 0 unspecified atom stereocenters. The average molecular weight is 546 g/mol. The molecule has 2 N–H and O–H groups in total. The Morgan fingerprint density at radius 1 is 0.897 bits per heavy atom. The summed E-state index contributed by atoms with van der Waals surface area (Å²) in [5.74, 6) is 2.45. The Balaban J connectivity index is 1.35. The highest BCUT2D eigenvalue weighted by atomic mass is 32.1. The van der Waals surface area contributed by atoms with Gasteiger partial charge in [0.25, 0.3) is 0 Å². The summed E-state index contributed by atoms with van der Waals surface area (Å²) >= 11 is 5.72. The number of methoxy groups -OCH3 is 3. The highest BCUT2D eigenvalue weighted by Gasteiger charge is 2.51. The highest BCUT2D eigenvalue weighted by molar-refractivity contribution is 7.80. The Kier molecular flexibility index (Phi) is 8.58. The first kappa shape index (κ1) is 27.3. The maximum atomic E-state index is 5.72. The Hall–Kier alpha value is -3.29. The van der Waals surface area contributed by atoms with Crippen molar-refractivity contribution in [1.29, 1.82) is 0 Å². The fourth-order valence-electron chi connectivity index (χ4n) is 6.43. The van der Waals surface area contributed by atoms with Crippen molar-refractivity contribution in [1.82, 2.24) is 15.5 Å². The van der Waals surface area contributed by atoms with Gasteiger partial charge in [0.05, 0.1) is 21.3 Å². The SMILES string of the molecule is COc1ccc(CN2CC[C@]3(c4ccc(OC)c(OC)c4)CC[C@H](NC(=S)NCc4ccccc4)C[C@@H]23)cc1. The van der Waals surface area contributed by atoms with Crippen LogP contribution in [0.5, 0.6) is 17.2 Å². The zero-order chi connectivity index (χ0) is 27.2. The number of hydrogen-bond acceptors (Lipinski definition) is 5. The van der Waals surface area contributed by atoms with Crippen LogP contribution < -0.4 is 24.8 Å². The van der Waals surface area contributed by atoms with Crippen LogP contribution in [-0.4, -0.2) is 50.0 Å². The van der Waals surface area contributed by atoms with E-state index in [4.69, 9.17) is 26.4 Å². The lowest BCUT2D eigenvalue weighted by Gasteiger charge is -2.46. The van der Waals surface area contributed by atoms with Crippen LogP contribution in [0.3, 0.4) is 0 Å². The molecule has 1 saturated carbocycles. The maximum Gasteiger partial charge on any atom is 0.166 e. The monoisotopic (exact) mass is 545 g/mol. The first-order valence-electron chi connectivity index (χ1n) is 13.7. The van der Waals surface area contributed by atoms with E-state index in [9.17, 15) is 0 Å². The number of nitrogens with one attached hydrogen (secondary N) is 2. The molecule has 6 nitrogen and oxygen atoms in total. The van der Waals surface area contributed by atoms with Gasteiger partial charge in [-0.3, -0.25) is 4.90 Å². The molecule has 2 aliphatic rings. The molecule has 0 spiro atoms. The van der Waals surface area contributed by atoms with Crippen LogP contribution >= 0.6 is 12.2 Å². The lowest BCUT2D eigenvalue weighted by Crippen LogP contribution is -2.53. The maximum absolute atomic E-state index is 5.72. The summed E-state index contributed by atoms with van der Waals surface area (Å²) < 4.78 is 16.6. The number of fused-ring (bicyclic) bond motifs is 1. The highest BCUT2D eigenvalue weighted by Crippen LogP contribution is 2.50. The van der Waals surface area contributed by atoms with E-state index < -0.39 is 0 Å². The molecule has 0 bridgehead atoms. The van der Waals surface area contributed by atoms with Crippen LogP contribution in [0.15, 0.2) is 72.8 Å². The molecule has 0 radical (unpaired) electrons. The van der Waals surface area contributed by atoms with Gasteiger partial charge in [-0.1, -0.05) is 48.5 Å². The van der Waals surface area contributed by atoms with Gasteiger partial charge < -0.3 is 24.8 Å². The Morgan fingerprint density at radius 3 is 2.38 bits per heavy atom. The van der Waals surface area contributed by atoms with Crippen LogP contribution in [0.25, 0.3) is 0 Å². The minimum atomic E-state index is 0.0588. The molecule has 0 amide bonds. The molecule has 1 saturated heterocycles. The quantitative estimate of drug-likeness (QED) is 0.347. The smallest absolute Gasteiger partial charge is 0.166 e. The second kappa shape index (κ2) is 12.3. The first-order valence-corrected chi connectivity index (χ1v) is 14.1. The van der Waals surface area contributed by atoms with Crippen molar-refractivity contribution < 1.29 is 14.2 Å². The van der Waals surface area contributed by atoms with Crippen molar-refractivity contribution in [2.75, 3.05) is 27.9 Å². The lowest BCUT2D eigenvalue weighted by atomic mass is 9.65. The number of thiocarbonyl (C=S) groups is 1. The number of ether oxygens (including phenoxy) is 3. The number of benzene rings is 3. The van der Waals surface area contributed by atoms with E-state index in [1.54, 1.807) is 21.3 Å². The molecule has 206 valence electrons. The van der Waals surface area contributed by atoms with Gasteiger partial charge in [-0.25, -0.2) is 0 Å². The van der Waals surface area contributed by atoms with Crippen molar-refractivity contribution in [2.24, 2.45) is 0 Å². The summed E-state index contributed by atoms with van der Waals surface area (Å²) in [6, 6.07) is 26.0. The first-order chi connectivity index (χ1) is 19.0.